The largest absolute Gasteiger partial charge is 0.397 e. The minimum absolute atomic E-state index is 0.148. The Balaban J connectivity index is 2.04. The molecule has 0 aliphatic heterocycles. The van der Waals surface area contributed by atoms with Crippen molar-refractivity contribution in [3.63, 3.8) is 0 Å². The maximum atomic E-state index is 11.0. The van der Waals surface area contributed by atoms with Gasteiger partial charge in [-0.2, -0.15) is 0 Å². The maximum absolute atomic E-state index is 11.0. The van der Waals surface area contributed by atoms with Crippen molar-refractivity contribution >= 4 is 32.2 Å². The Labute approximate surface area is 104 Å². The van der Waals surface area contributed by atoms with Crippen molar-refractivity contribution in [2.45, 2.75) is 6.42 Å². The van der Waals surface area contributed by atoms with Gasteiger partial charge < -0.3 is 11.1 Å². The molecule has 0 bridgehead atoms. The van der Waals surface area contributed by atoms with Crippen LogP contribution in [0.15, 0.2) is 16.8 Å². The fourth-order valence-electron chi connectivity index (χ4n) is 1.59. The normalized spacial score (nSPS) is 11.8. The number of rotatable bonds is 5. The van der Waals surface area contributed by atoms with Crippen LogP contribution in [0.3, 0.4) is 0 Å². The van der Waals surface area contributed by atoms with Crippen LogP contribution in [0.2, 0.25) is 0 Å². The third-order valence-corrected chi connectivity index (χ3v) is 3.48. The highest BCUT2D eigenvalue weighted by molar-refractivity contribution is 7.90. The molecule has 1 heterocycles. The third-order valence-electron chi connectivity index (χ3n) is 2.45. The molecule has 1 aromatic carbocycles. The van der Waals surface area contributed by atoms with Crippen LogP contribution in [0.1, 0.15) is 6.42 Å². The number of hydrogen-bond acceptors (Lipinski definition) is 7. The Morgan fingerprint density at radius 1 is 1.33 bits per heavy atom. The molecule has 0 amide bonds. The summed E-state index contributed by atoms with van der Waals surface area (Å²) in [6.07, 6.45) is 1.74. The zero-order valence-corrected chi connectivity index (χ0v) is 10.7. The molecule has 2 aromatic rings. The van der Waals surface area contributed by atoms with Crippen LogP contribution in [0.4, 0.5) is 11.4 Å². The molecule has 0 saturated heterocycles. The van der Waals surface area contributed by atoms with Crippen LogP contribution in [-0.2, 0) is 9.84 Å². The molecule has 2 rings (SSSR count). The first kappa shape index (κ1) is 12.6. The topological polar surface area (TPSA) is 111 Å². The summed E-state index contributed by atoms with van der Waals surface area (Å²) in [5, 5.41) is 10.6. The van der Waals surface area contributed by atoms with E-state index in [0.717, 1.165) is 5.69 Å². The van der Waals surface area contributed by atoms with Crippen molar-refractivity contribution in [2.75, 3.05) is 29.6 Å². The molecule has 0 saturated carbocycles. The summed E-state index contributed by atoms with van der Waals surface area (Å²) >= 11 is 0. The molecule has 7 nitrogen and oxygen atoms in total. The SMILES string of the molecule is CS(=O)(=O)CCCNc1ccc(N)c2nonc12. The molecule has 8 heteroatoms. The number of nitrogens with two attached hydrogens (primary N) is 1. The Morgan fingerprint density at radius 3 is 2.78 bits per heavy atom. The van der Waals surface area contributed by atoms with E-state index in [9.17, 15) is 8.42 Å². The van der Waals surface area contributed by atoms with E-state index in [1.807, 2.05) is 0 Å². The van der Waals surface area contributed by atoms with E-state index in [-0.39, 0.29) is 5.75 Å². The highest BCUT2D eigenvalue weighted by atomic mass is 32.2. The van der Waals surface area contributed by atoms with Gasteiger partial charge in [0.05, 0.1) is 17.1 Å². The Hall–Kier alpha value is -1.83. The minimum atomic E-state index is -2.92. The Bertz CT molecular complexity index is 650. The van der Waals surface area contributed by atoms with Gasteiger partial charge in [-0.15, -0.1) is 0 Å². The van der Waals surface area contributed by atoms with Gasteiger partial charge in [0.2, 0.25) is 0 Å². The molecule has 0 fully saturated rings. The fraction of sp³-hybridized carbons (Fsp3) is 0.400. The summed E-state index contributed by atoms with van der Waals surface area (Å²) in [7, 11) is -2.92. The van der Waals surface area contributed by atoms with Gasteiger partial charge >= 0.3 is 0 Å². The third kappa shape index (κ3) is 2.89. The quantitative estimate of drug-likeness (QED) is 0.606. The molecule has 0 unspecified atom stereocenters. The highest BCUT2D eigenvalue weighted by Gasteiger charge is 2.09. The lowest BCUT2D eigenvalue weighted by molar-refractivity contribution is 0.316. The number of benzene rings is 1. The van der Waals surface area contributed by atoms with Crippen LogP contribution in [0, 0.1) is 0 Å². The van der Waals surface area contributed by atoms with Gasteiger partial charge in [-0.05, 0) is 28.9 Å². The lowest BCUT2D eigenvalue weighted by atomic mass is 10.2. The van der Waals surface area contributed by atoms with Crippen molar-refractivity contribution in [1.29, 1.82) is 0 Å². The van der Waals surface area contributed by atoms with Crippen LogP contribution < -0.4 is 11.1 Å². The van der Waals surface area contributed by atoms with Gasteiger partial charge in [0.1, 0.15) is 9.84 Å². The smallest absolute Gasteiger partial charge is 0.160 e. The molecule has 0 aliphatic carbocycles. The van der Waals surface area contributed by atoms with E-state index in [1.54, 1.807) is 12.1 Å². The number of aromatic nitrogens is 2. The van der Waals surface area contributed by atoms with Crippen molar-refractivity contribution in [3.05, 3.63) is 12.1 Å². The molecule has 0 aliphatic rings. The molecule has 0 spiro atoms. The van der Waals surface area contributed by atoms with Crippen molar-refractivity contribution in [2.24, 2.45) is 0 Å². The first-order chi connectivity index (χ1) is 8.47. The Kier molecular flexibility index (Phi) is 3.37. The first-order valence-corrected chi connectivity index (χ1v) is 7.46. The van der Waals surface area contributed by atoms with Gasteiger partial charge in [-0.1, -0.05) is 0 Å². The summed E-state index contributed by atoms with van der Waals surface area (Å²) in [6, 6.07) is 3.47. The van der Waals surface area contributed by atoms with Gasteiger partial charge in [0, 0.05) is 12.8 Å². The first-order valence-electron chi connectivity index (χ1n) is 5.40. The molecule has 18 heavy (non-hydrogen) atoms. The summed E-state index contributed by atoms with van der Waals surface area (Å²) in [5.41, 5.74) is 7.99. The lowest BCUT2D eigenvalue weighted by Crippen LogP contribution is -2.10. The zero-order valence-electron chi connectivity index (χ0n) is 9.88. The summed E-state index contributed by atoms with van der Waals surface area (Å²) in [6.45, 7) is 0.527. The second-order valence-electron chi connectivity index (χ2n) is 4.07. The van der Waals surface area contributed by atoms with Crippen molar-refractivity contribution in [1.82, 2.24) is 10.3 Å². The van der Waals surface area contributed by atoms with Gasteiger partial charge in [0.15, 0.2) is 11.0 Å². The monoisotopic (exact) mass is 270 g/mol. The highest BCUT2D eigenvalue weighted by Crippen LogP contribution is 2.24. The second kappa shape index (κ2) is 4.81. The summed E-state index contributed by atoms with van der Waals surface area (Å²) < 4.78 is 26.6. The van der Waals surface area contributed by atoms with E-state index in [0.29, 0.717) is 29.7 Å². The van der Waals surface area contributed by atoms with E-state index >= 15 is 0 Å². The standard InChI is InChI=1S/C10H14N4O3S/c1-18(15,16)6-2-5-12-8-4-3-7(11)9-10(8)14-17-13-9/h3-4,12H,2,5-6,11H2,1H3. The molecule has 0 radical (unpaired) electrons. The zero-order chi connectivity index (χ0) is 13.2. The van der Waals surface area contributed by atoms with Gasteiger partial charge in [-0.3, -0.25) is 0 Å². The molecule has 1 aromatic heterocycles. The number of fused-ring (bicyclic) bond motifs is 1. The van der Waals surface area contributed by atoms with E-state index < -0.39 is 9.84 Å². The number of nitrogen functional groups attached to an aromatic ring is 1. The van der Waals surface area contributed by atoms with Gasteiger partial charge in [-0.25, -0.2) is 13.0 Å². The van der Waals surface area contributed by atoms with E-state index in [1.165, 1.54) is 6.26 Å². The minimum Gasteiger partial charge on any atom is -0.397 e. The molecule has 0 atom stereocenters. The fourth-order valence-corrected chi connectivity index (χ4v) is 2.25. The van der Waals surface area contributed by atoms with E-state index in [4.69, 9.17) is 5.73 Å². The van der Waals surface area contributed by atoms with Crippen LogP contribution in [0.25, 0.3) is 11.0 Å². The molecule has 3 N–H and O–H groups in total. The number of anilines is 2. The average Bonchev–Trinajstić information content (AvgIpc) is 2.75. The predicted octanol–water partition coefficient (Wildman–Crippen LogP) is 0.652. The Morgan fingerprint density at radius 2 is 2.06 bits per heavy atom. The maximum Gasteiger partial charge on any atom is 0.160 e. The lowest BCUT2D eigenvalue weighted by Gasteiger charge is -2.06. The van der Waals surface area contributed by atoms with Crippen LogP contribution >= 0.6 is 0 Å². The molecule has 98 valence electrons. The van der Waals surface area contributed by atoms with Gasteiger partial charge in [0.25, 0.3) is 0 Å². The predicted molar refractivity (Wildman–Crippen MR) is 69.0 cm³/mol. The summed E-state index contributed by atoms with van der Waals surface area (Å²) in [4.78, 5) is 0. The average molecular weight is 270 g/mol. The van der Waals surface area contributed by atoms with E-state index in [2.05, 4.69) is 20.3 Å². The number of hydrogen-bond donors (Lipinski definition) is 2. The molecular formula is C10H14N4O3S. The number of sulfone groups is 1. The second-order valence-corrected chi connectivity index (χ2v) is 6.33. The van der Waals surface area contributed by atoms with Crippen LogP contribution in [0.5, 0.6) is 0 Å². The molecular weight excluding hydrogens is 256 g/mol. The number of nitrogens with zero attached hydrogens (tertiary/aromatic N) is 2. The van der Waals surface area contributed by atoms with Crippen molar-refractivity contribution < 1.29 is 13.0 Å². The number of nitrogens with one attached hydrogen (secondary N) is 1. The van der Waals surface area contributed by atoms with Crippen molar-refractivity contribution in [3.8, 4) is 0 Å². The summed E-state index contributed by atoms with van der Waals surface area (Å²) in [5.74, 6) is 0.148. The van der Waals surface area contributed by atoms with Crippen LogP contribution in [-0.4, -0.2) is 37.3 Å².